The van der Waals surface area contributed by atoms with Crippen molar-refractivity contribution >= 4 is 8.07 Å². The molecular weight excluding hydrogens is 121 g/mol. The maximum Gasteiger partial charge on any atom is 0.183 e. The lowest BCUT2D eigenvalue weighted by Gasteiger charge is -2.05. The van der Waals surface area contributed by atoms with Crippen LogP contribution in [0.1, 0.15) is 0 Å². The van der Waals surface area contributed by atoms with Crippen molar-refractivity contribution in [2.45, 2.75) is 0 Å². The molecule has 0 unspecified atom stereocenters. The second kappa shape index (κ2) is 3.38. The smallest absolute Gasteiger partial charge is 0.183 e. The summed E-state index contributed by atoms with van der Waals surface area (Å²) in [5.74, 6) is 3.76. The van der Waals surface area contributed by atoms with Crippen molar-refractivity contribution in [3.63, 3.8) is 0 Å². The molecule has 0 saturated heterocycles. The summed E-state index contributed by atoms with van der Waals surface area (Å²) < 4.78 is 1.62. The Bertz CT molecular complexity index is 126. The zero-order valence-corrected chi connectivity index (χ0v) is 5.68. The van der Waals surface area contributed by atoms with Crippen molar-refractivity contribution in [2.24, 2.45) is 0 Å². The fourth-order valence-electron chi connectivity index (χ4n) is 0.201. The minimum Gasteiger partial charge on any atom is -0.265 e. The van der Waals surface area contributed by atoms with Gasteiger partial charge in [0.05, 0.1) is 0 Å². The molecule has 0 aliphatic carbocycles. The molecule has 0 aliphatic rings. The van der Waals surface area contributed by atoms with Crippen LogP contribution in [-0.2, 0) is 0 Å². The van der Waals surface area contributed by atoms with E-state index in [-0.39, 0.29) is 0 Å². The van der Waals surface area contributed by atoms with Gasteiger partial charge >= 0.3 is 0 Å². The Labute approximate surface area is 49.9 Å². The van der Waals surface area contributed by atoms with Gasteiger partial charge in [0.1, 0.15) is 11.6 Å². The van der Waals surface area contributed by atoms with Gasteiger partial charge in [-0.3, -0.25) is 4.67 Å². The SMILES string of the molecule is CN(C)P(C#N)C#N. The topological polar surface area (TPSA) is 50.8 Å². The second-order valence-electron chi connectivity index (χ2n) is 1.36. The van der Waals surface area contributed by atoms with E-state index in [9.17, 15) is 0 Å². The van der Waals surface area contributed by atoms with Crippen LogP contribution in [0.15, 0.2) is 0 Å². The molecule has 0 radical (unpaired) electrons. The number of nitrogens with zero attached hydrogens (tertiary/aromatic N) is 3. The molecule has 0 N–H and O–H groups in total. The number of hydrogen-bond acceptors (Lipinski definition) is 3. The first-order valence-corrected chi connectivity index (χ1v) is 3.28. The molecule has 0 aromatic rings. The minimum absolute atomic E-state index is 1.17. The molecule has 0 aromatic heterocycles. The summed E-state index contributed by atoms with van der Waals surface area (Å²) >= 11 is 0. The zero-order valence-electron chi connectivity index (χ0n) is 4.79. The number of nitriles is 2. The minimum atomic E-state index is -1.17. The largest absolute Gasteiger partial charge is 0.265 e. The van der Waals surface area contributed by atoms with Crippen molar-refractivity contribution in [3.8, 4) is 11.6 Å². The zero-order chi connectivity index (χ0) is 6.57. The molecule has 8 heavy (non-hydrogen) atoms. The van der Waals surface area contributed by atoms with E-state index in [4.69, 9.17) is 10.5 Å². The van der Waals surface area contributed by atoms with Gasteiger partial charge in [0.25, 0.3) is 0 Å². The molecule has 3 nitrogen and oxygen atoms in total. The molecule has 0 fully saturated rings. The van der Waals surface area contributed by atoms with E-state index in [1.54, 1.807) is 18.8 Å². The summed E-state index contributed by atoms with van der Waals surface area (Å²) in [6.07, 6.45) is 0. The highest BCUT2D eigenvalue weighted by molar-refractivity contribution is 7.65. The first-order valence-electron chi connectivity index (χ1n) is 1.99. The van der Waals surface area contributed by atoms with Gasteiger partial charge in [0, 0.05) is 0 Å². The predicted octanol–water partition coefficient (Wildman–Crippen LogP) is 0.907. The van der Waals surface area contributed by atoms with E-state index < -0.39 is 8.07 Å². The Hall–Kier alpha value is -0.630. The van der Waals surface area contributed by atoms with Gasteiger partial charge in [-0.2, -0.15) is 10.5 Å². The van der Waals surface area contributed by atoms with Crippen molar-refractivity contribution in [2.75, 3.05) is 14.1 Å². The average molecular weight is 127 g/mol. The van der Waals surface area contributed by atoms with E-state index in [0.29, 0.717) is 0 Å². The monoisotopic (exact) mass is 127 g/mol. The lowest BCUT2D eigenvalue weighted by Crippen LogP contribution is -2.00. The summed E-state index contributed by atoms with van der Waals surface area (Å²) in [5, 5.41) is 16.4. The molecule has 0 saturated carbocycles. The Kier molecular flexibility index (Phi) is 3.12. The highest BCUT2D eigenvalue weighted by atomic mass is 31.1. The van der Waals surface area contributed by atoms with E-state index >= 15 is 0 Å². The van der Waals surface area contributed by atoms with Crippen molar-refractivity contribution in [1.82, 2.24) is 4.67 Å². The van der Waals surface area contributed by atoms with Gasteiger partial charge in [-0.05, 0) is 14.1 Å². The van der Waals surface area contributed by atoms with Gasteiger partial charge in [0.15, 0.2) is 8.07 Å². The van der Waals surface area contributed by atoms with Crippen LogP contribution < -0.4 is 0 Å². The fourth-order valence-corrected chi connectivity index (χ4v) is 0.604. The summed E-state index contributed by atoms with van der Waals surface area (Å²) in [5.41, 5.74) is 0. The molecule has 0 aromatic carbocycles. The van der Waals surface area contributed by atoms with Gasteiger partial charge in [-0.15, -0.1) is 0 Å². The predicted molar refractivity (Wildman–Crippen MR) is 31.8 cm³/mol. The van der Waals surface area contributed by atoms with Crippen LogP contribution in [0, 0.1) is 22.1 Å². The molecule has 0 rings (SSSR count). The van der Waals surface area contributed by atoms with Crippen LogP contribution >= 0.6 is 8.07 Å². The van der Waals surface area contributed by atoms with Crippen LogP contribution in [0.4, 0.5) is 0 Å². The van der Waals surface area contributed by atoms with Crippen molar-refractivity contribution < 1.29 is 0 Å². The Morgan fingerprint density at radius 3 is 1.62 bits per heavy atom. The highest BCUT2D eigenvalue weighted by Gasteiger charge is 2.05. The van der Waals surface area contributed by atoms with E-state index in [1.807, 2.05) is 11.6 Å². The lowest BCUT2D eigenvalue weighted by atomic mass is 11.3. The summed E-state index contributed by atoms with van der Waals surface area (Å²) in [4.78, 5) is 0. The lowest BCUT2D eigenvalue weighted by molar-refractivity contribution is 0.690. The quantitative estimate of drug-likeness (QED) is 0.492. The van der Waals surface area contributed by atoms with Gasteiger partial charge in [0.2, 0.25) is 0 Å². The molecular formula is C4H6N3P. The molecule has 0 heterocycles. The maximum atomic E-state index is 8.21. The van der Waals surface area contributed by atoms with Crippen molar-refractivity contribution in [3.05, 3.63) is 0 Å². The maximum absolute atomic E-state index is 8.21. The third kappa shape index (κ3) is 1.89. The van der Waals surface area contributed by atoms with Gasteiger partial charge in [-0.1, -0.05) is 0 Å². The normalized spacial score (nSPS) is 8.75. The Morgan fingerprint density at radius 2 is 1.62 bits per heavy atom. The van der Waals surface area contributed by atoms with Gasteiger partial charge < -0.3 is 0 Å². The standard InChI is InChI=1S/C4H6N3P/c1-7(2)8(3-5)4-6/h1-2H3. The number of hydrogen-bond donors (Lipinski definition) is 0. The van der Waals surface area contributed by atoms with Crippen LogP contribution in [0.2, 0.25) is 0 Å². The molecule has 0 atom stereocenters. The third-order valence-corrected chi connectivity index (χ3v) is 1.77. The van der Waals surface area contributed by atoms with Crippen LogP contribution in [0.25, 0.3) is 0 Å². The molecule has 0 bridgehead atoms. The van der Waals surface area contributed by atoms with Crippen molar-refractivity contribution in [1.29, 1.82) is 10.5 Å². The Morgan fingerprint density at radius 1 is 1.25 bits per heavy atom. The van der Waals surface area contributed by atoms with E-state index in [2.05, 4.69) is 0 Å². The molecule has 0 amide bonds. The van der Waals surface area contributed by atoms with E-state index in [0.717, 1.165) is 0 Å². The third-order valence-electron chi connectivity index (χ3n) is 0.589. The van der Waals surface area contributed by atoms with Crippen LogP contribution in [-0.4, -0.2) is 18.8 Å². The molecule has 0 aliphatic heterocycles. The number of rotatable bonds is 1. The van der Waals surface area contributed by atoms with E-state index in [1.165, 1.54) is 0 Å². The van der Waals surface area contributed by atoms with Crippen LogP contribution in [0.5, 0.6) is 0 Å². The molecule has 0 spiro atoms. The summed E-state index contributed by atoms with van der Waals surface area (Å²) in [6, 6.07) is 0. The second-order valence-corrected chi connectivity index (χ2v) is 3.18. The van der Waals surface area contributed by atoms with Crippen LogP contribution in [0.3, 0.4) is 0 Å². The highest BCUT2D eigenvalue weighted by Crippen LogP contribution is 2.32. The Balaban J connectivity index is 3.81. The van der Waals surface area contributed by atoms with Gasteiger partial charge in [-0.25, -0.2) is 0 Å². The summed E-state index contributed by atoms with van der Waals surface area (Å²) in [7, 11) is 2.27. The first-order chi connectivity index (χ1) is 3.72. The summed E-state index contributed by atoms with van der Waals surface area (Å²) in [6.45, 7) is 0. The average Bonchev–Trinajstić information content (AvgIpc) is 1.69. The molecule has 42 valence electrons. The first kappa shape index (κ1) is 7.37. The fraction of sp³-hybridized carbons (Fsp3) is 0.500. The molecule has 4 heteroatoms.